The van der Waals surface area contributed by atoms with Gasteiger partial charge in [0.2, 0.25) is 0 Å². The molecule has 1 aliphatic rings. The van der Waals surface area contributed by atoms with Crippen molar-refractivity contribution in [2.75, 3.05) is 13.2 Å². The Bertz CT molecular complexity index is 856. The molecule has 128 valence electrons. The molecule has 1 unspecified atom stereocenters. The fourth-order valence-electron chi connectivity index (χ4n) is 3.21. The first-order valence-electron chi connectivity index (χ1n) is 8.55. The molecule has 0 aromatic carbocycles. The minimum Gasteiger partial charge on any atom is -0.376 e. The second kappa shape index (κ2) is 7.03. The van der Waals surface area contributed by atoms with Crippen LogP contribution in [0.3, 0.4) is 0 Å². The number of fused-ring (bicyclic) bond motifs is 1. The van der Waals surface area contributed by atoms with Crippen LogP contribution in [0.2, 0.25) is 0 Å². The maximum Gasteiger partial charge on any atom is 0.272 e. The summed E-state index contributed by atoms with van der Waals surface area (Å²) in [5, 5.41) is 4.28. The topological polar surface area (TPSA) is 59.7 Å². The molecule has 0 radical (unpaired) electrons. The van der Waals surface area contributed by atoms with Crippen LogP contribution in [0.15, 0.2) is 54.9 Å². The third-order valence-electron chi connectivity index (χ3n) is 4.45. The molecule has 0 saturated carbocycles. The lowest BCUT2D eigenvalue weighted by atomic mass is 10.2. The summed E-state index contributed by atoms with van der Waals surface area (Å²) in [6.45, 7) is 1.79. The Morgan fingerprint density at radius 2 is 2.16 bits per heavy atom. The summed E-state index contributed by atoms with van der Waals surface area (Å²) in [4.78, 5) is 19.4. The predicted octanol–water partition coefficient (Wildman–Crippen LogP) is 2.55. The zero-order valence-electron chi connectivity index (χ0n) is 13.9. The number of hydrogen-bond acceptors (Lipinski definition) is 4. The molecule has 1 saturated heterocycles. The van der Waals surface area contributed by atoms with Gasteiger partial charge in [-0.15, -0.1) is 0 Å². The highest BCUT2D eigenvalue weighted by Gasteiger charge is 2.25. The molecule has 0 N–H and O–H groups in total. The zero-order chi connectivity index (χ0) is 17.1. The molecule has 4 heterocycles. The highest BCUT2D eigenvalue weighted by molar-refractivity contribution is 5.93. The maximum absolute atomic E-state index is 13.2. The summed E-state index contributed by atoms with van der Waals surface area (Å²) >= 11 is 0. The first-order valence-corrected chi connectivity index (χ1v) is 8.55. The van der Waals surface area contributed by atoms with E-state index < -0.39 is 0 Å². The first kappa shape index (κ1) is 15.8. The van der Waals surface area contributed by atoms with Gasteiger partial charge in [0.1, 0.15) is 5.69 Å². The van der Waals surface area contributed by atoms with E-state index in [0.29, 0.717) is 18.8 Å². The predicted molar refractivity (Wildman–Crippen MR) is 93.1 cm³/mol. The van der Waals surface area contributed by atoms with Crippen LogP contribution in [-0.2, 0) is 11.3 Å². The Labute approximate surface area is 146 Å². The van der Waals surface area contributed by atoms with Crippen LogP contribution in [0.4, 0.5) is 0 Å². The van der Waals surface area contributed by atoms with Crippen molar-refractivity contribution in [1.82, 2.24) is 19.5 Å². The highest BCUT2D eigenvalue weighted by atomic mass is 16.5. The van der Waals surface area contributed by atoms with Gasteiger partial charge in [-0.1, -0.05) is 12.1 Å². The largest absolute Gasteiger partial charge is 0.376 e. The summed E-state index contributed by atoms with van der Waals surface area (Å²) in [5.41, 5.74) is 2.32. The van der Waals surface area contributed by atoms with Gasteiger partial charge in [0.25, 0.3) is 5.91 Å². The number of aromatic nitrogens is 3. The van der Waals surface area contributed by atoms with Crippen LogP contribution in [0.25, 0.3) is 5.52 Å². The van der Waals surface area contributed by atoms with Crippen molar-refractivity contribution in [3.05, 3.63) is 66.2 Å². The normalized spacial score (nSPS) is 17.0. The molecule has 1 atom stereocenters. The molecule has 0 aliphatic carbocycles. The van der Waals surface area contributed by atoms with Crippen molar-refractivity contribution in [3.63, 3.8) is 0 Å². The van der Waals surface area contributed by atoms with Crippen LogP contribution in [-0.4, -0.2) is 44.7 Å². The van der Waals surface area contributed by atoms with Crippen molar-refractivity contribution >= 4 is 11.4 Å². The van der Waals surface area contributed by atoms with Gasteiger partial charge in [0, 0.05) is 19.3 Å². The van der Waals surface area contributed by atoms with Gasteiger partial charge in [0.05, 0.1) is 30.1 Å². The Kier molecular flexibility index (Phi) is 4.43. The lowest BCUT2D eigenvalue weighted by molar-refractivity contribution is 0.0498. The van der Waals surface area contributed by atoms with E-state index in [0.717, 1.165) is 30.7 Å². The van der Waals surface area contributed by atoms with Gasteiger partial charge in [0.15, 0.2) is 0 Å². The number of nitrogens with zero attached hydrogens (tertiary/aromatic N) is 4. The molecule has 4 rings (SSSR count). The molecule has 0 spiro atoms. The molecule has 1 aliphatic heterocycles. The quantitative estimate of drug-likeness (QED) is 0.718. The number of rotatable bonds is 5. The van der Waals surface area contributed by atoms with Gasteiger partial charge in [-0.25, -0.2) is 4.52 Å². The molecule has 0 bridgehead atoms. The lowest BCUT2D eigenvalue weighted by Gasteiger charge is -2.25. The Morgan fingerprint density at radius 1 is 1.20 bits per heavy atom. The van der Waals surface area contributed by atoms with Gasteiger partial charge in [-0.2, -0.15) is 5.10 Å². The minimum atomic E-state index is -0.0598. The average molecular weight is 336 g/mol. The molecular weight excluding hydrogens is 316 g/mol. The summed E-state index contributed by atoms with van der Waals surface area (Å²) in [7, 11) is 0. The van der Waals surface area contributed by atoms with E-state index in [2.05, 4.69) is 10.1 Å². The number of amides is 1. The molecule has 6 heteroatoms. The zero-order valence-corrected chi connectivity index (χ0v) is 13.9. The summed E-state index contributed by atoms with van der Waals surface area (Å²) in [6, 6.07) is 13.3. The number of carbonyl (C=O) groups is 1. The molecule has 1 amide bonds. The van der Waals surface area contributed by atoms with E-state index >= 15 is 0 Å². The molecule has 1 fully saturated rings. The number of hydrogen-bond donors (Lipinski definition) is 0. The second-order valence-electron chi connectivity index (χ2n) is 6.22. The summed E-state index contributed by atoms with van der Waals surface area (Å²) in [6.07, 6.45) is 5.57. The van der Waals surface area contributed by atoms with Crippen LogP contribution in [0.5, 0.6) is 0 Å². The fourth-order valence-corrected chi connectivity index (χ4v) is 3.21. The second-order valence-corrected chi connectivity index (χ2v) is 6.22. The third kappa shape index (κ3) is 3.39. The molecule has 3 aromatic rings. The van der Waals surface area contributed by atoms with Gasteiger partial charge in [-0.05, 0) is 43.2 Å². The summed E-state index contributed by atoms with van der Waals surface area (Å²) < 4.78 is 7.43. The van der Waals surface area contributed by atoms with E-state index in [1.807, 2.05) is 47.4 Å². The van der Waals surface area contributed by atoms with Gasteiger partial charge < -0.3 is 9.64 Å². The number of carbonyl (C=O) groups excluding carboxylic acids is 1. The van der Waals surface area contributed by atoms with Gasteiger partial charge >= 0.3 is 0 Å². The Balaban J connectivity index is 1.63. The van der Waals surface area contributed by atoms with Crippen molar-refractivity contribution in [2.45, 2.75) is 25.5 Å². The standard InChI is InChI=1S/C19H20N4O2/c24-19(18-8-3-6-16-9-11-21-23(16)18)22(14-17-7-4-12-25-17)13-15-5-1-2-10-20-15/h1-3,5-6,8-11,17H,4,7,12-14H2. The van der Waals surface area contributed by atoms with Crippen molar-refractivity contribution in [2.24, 2.45) is 0 Å². The average Bonchev–Trinajstić information content (AvgIpc) is 3.32. The van der Waals surface area contributed by atoms with Crippen LogP contribution >= 0.6 is 0 Å². The Morgan fingerprint density at radius 3 is 2.96 bits per heavy atom. The maximum atomic E-state index is 13.2. The monoisotopic (exact) mass is 336 g/mol. The first-order chi connectivity index (χ1) is 12.3. The molecule has 25 heavy (non-hydrogen) atoms. The summed E-state index contributed by atoms with van der Waals surface area (Å²) in [5.74, 6) is -0.0598. The molecular formula is C19H20N4O2. The molecule has 3 aromatic heterocycles. The van der Waals surface area contributed by atoms with Crippen molar-refractivity contribution in [1.29, 1.82) is 0 Å². The van der Waals surface area contributed by atoms with E-state index in [-0.39, 0.29) is 12.0 Å². The SMILES string of the molecule is O=C(c1cccc2ccnn12)N(Cc1ccccn1)CC1CCCO1. The van der Waals surface area contributed by atoms with Crippen molar-refractivity contribution in [3.8, 4) is 0 Å². The van der Waals surface area contributed by atoms with E-state index in [9.17, 15) is 4.79 Å². The minimum absolute atomic E-state index is 0.0598. The van der Waals surface area contributed by atoms with Gasteiger partial charge in [-0.3, -0.25) is 9.78 Å². The van der Waals surface area contributed by atoms with Crippen LogP contribution in [0.1, 0.15) is 29.0 Å². The lowest BCUT2D eigenvalue weighted by Crippen LogP contribution is -2.38. The fraction of sp³-hybridized carbons (Fsp3) is 0.316. The number of ether oxygens (including phenoxy) is 1. The van der Waals surface area contributed by atoms with Crippen LogP contribution in [0, 0.1) is 0 Å². The number of pyridine rings is 2. The highest BCUT2D eigenvalue weighted by Crippen LogP contribution is 2.17. The van der Waals surface area contributed by atoms with Crippen molar-refractivity contribution < 1.29 is 9.53 Å². The molecule has 6 nitrogen and oxygen atoms in total. The smallest absolute Gasteiger partial charge is 0.272 e. The van der Waals surface area contributed by atoms with Crippen LogP contribution < -0.4 is 0 Å². The van der Waals surface area contributed by atoms with E-state index in [1.54, 1.807) is 16.9 Å². The van der Waals surface area contributed by atoms with E-state index in [4.69, 9.17) is 4.74 Å². The Hall–Kier alpha value is -2.73. The third-order valence-corrected chi connectivity index (χ3v) is 4.45. The van der Waals surface area contributed by atoms with E-state index in [1.165, 1.54) is 0 Å².